The number of rotatable bonds is 5. The van der Waals surface area contributed by atoms with Crippen LogP contribution in [0.3, 0.4) is 0 Å². The first kappa shape index (κ1) is 16.1. The fourth-order valence-corrected chi connectivity index (χ4v) is 2.50. The van der Waals surface area contributed by atoms with E-state index in [-0.39, 0.29) is 0 Å². The number of para-hydroxylation sites is 1. The molecule has 1 aromatic rings. The van der Waals surface area contributed by atoms with Crippen molar-refractivity contribution in [2.24, 2.45) is 0 Å². The van der Waals surface area contributed by atoms with E-state index in [1.807, 2.05) is 0 Å². The lowest BCUT2D eigenvalue weighted by Gasteiger charge is -2.28. The van der Waals surface area contributed by atoms with Gasteiger partial charge < -0.3 is 4.90 Å². The van der Waals surface area contributed by atoms with Gasteiger partial charge in [-0.3, -0.25) is 0 Å². The third kappa shape index (κ3) is 4.11. The highest BCUT2D eigenvalue weighted by atomic mass is 15.2. The van der Waals surface area contributed by atoms with Gasteiger partial charge >= 0.3 is 0 Å². The zero-order valence-electron chi connectivity index (χ0n) is 13.8. The summed E-state index contributed by atoms with van der Waals surface area (Å²) in [7, 11) is 0. The van der Waals surface area contributed by atoms with Crippen molar-refractivity contribution in [1.82, 2.24) is 0 Å². The number of hydrogen-bond donors (Lipinski definition) is 0. The van der Waals surface area contributed by atoms with Crippen LogP contribution in [0.15, 0.2) is 89.8 Å². The summed E-state index contributed by atoms with van der Waals surface area (Å²) in [6, 6.07) is 10.6. The SMILES string of the molecule is C/C=C\C=C(/CC)N(C1=CCC=C(C)C=C1)c1ccccc1. The molecule has 0 unspecified atom stereocenters. The largest absolute Gasteiger partial charge is 0.315 e. The maximum Gasteiger partial charge on any atom is 0.0458 e. The van der Waals surface area contributed by atoms with E-state index in [1.165, 1.54) is 22.7 Å². The smallest absolute Gasteiger partial charge is 0.0458 e. The monoisotopic (exact) mass is 291 g/mol. The van der Waals surface area contributed by atoms with E-state index < -0.39 is 0 Å². The quantitative estimate of drug-likeness (QED) is 0.588. The Kier molecular flexibility index (Phi) is 6.02. The second kappa shape index (κ2) is 8.23. The molecular formula is C21H25N. The van der Waals surface area contributed by atoms with Crippen LogP contribution < -0.4 is 4.90 Å². The van der Waals surface area contributed by atoms with Gasteiger partial charge in [-0.1, -0.05) is 61.1 Å². The number of nitrogens with zero attached hydrogens (tertiary/aromatic N) is 1. The van der Waals surface area contributed by atoms with Crippen LogP contribution in [0.4, 0.5) is 5.69 Å². The highest BCUT2D eigenvalue weighted by Crippen LogP contribution is 2.28. The molecule has 0 radical (unpaired) electrons. The summed E-state index contributed by atoms with van der Waals surface area (Å²) in [6.45, 7) is 6.40. The van der Waals surface area contributed by atoms with Crippen LogP contribution in [0.25, 0.3) is 0 Å². The lowest BCUT2D eigenvalue weighted by molar-refractivity contribution is 0.979. The van der Waals surface area contributed by atoms with Crippen molar-refractivity contribution in [1.29, 1.82) is 0 Å². The molecule has 0 saturated heterocycles. The first-order valence-corrected chi connectivity index (χ1v) is 7.98. The van der Waals surface area contributed by atoms with Crippen molar-refractivity contribution in [3.63, 3.8) is 0 Å². The molecule has 2 rings (SSSR count). The molecule has 0 fully saturated rings. The minimum Gasteiger partial charge on any atom is -0.315 e. The lowest BCUT2D eigenvalue weighted by atomic mass is 10.1. The summed E-state index contributed by atoms with van der Waals surface area (Å²) >= 11 is 0. The summed E-state index contributed by atoms with van der Waals surface area (Å²) in [4.78, 5) is 2.35. The third-order valence-electron chi connectivity index (χ3n) is 3.69. The maximum atomic E-state index is 2.35. The summed E-state index contributed by atoms with van der Waals surface area (Å²) in [5, 5.41) is 0. The highest BCUT2D eigenvalue weighted by molar-refractivity contribution is 5.61. The van der Waals surface area contributed by atoms with Crippen molar-refractivity contribution in [3.8, 4) is 0 Å². The Bertz CT molecular complexity index is 627. The Morgan fingerprint density at radius 2 is 1.91 bits per heavy atom. The molecule has 0 saturated carbocycles. The Morgan fingerprint density at radius 1 is 1.14 bits per heavy atom. The third-order valence-corrected chi connectivity index (χ3v) is 3.69. The summed E-state index contributed by atoms with van der Waals surface area (Å²) in [5.74, 6) is 0. The molecule has 1 nitrogen and oxygen atoms in total. The van der Waals surface area contributed by atoms with Gasteiger partial charge in [-0.15, -0.1) is 0 Å². The normalized spacial score (nSPS) is 15.5. The summed E-state index contributed by atoms with van der Waals surface area (Å²) in [6.07, 6.45) is 17.3. The number of benzene rings is 1. The van der Waals surface area contributed by atoms with Gasteiger partial charge in [-0.05, 0) is 51.0 Å². The van der Waals surface area contributed by atoms with E-state index in [9.17, 15) is 0 Å². The number of anilines is 1. The fourth-order valence-electron chi connectivity index (χ4n) is 2.50. The van der Waals surface area contributed by atoms with Gasteiger partial charge in [-0.25, -0.2) is 0 Å². The molecule has 1 aliphatic carbocycles. The first-order chi connectivity index (χ1) is 10.8. The van der Waals surface area contributed by atoms with Gasteiger partial charge in [-0.2, -0.15) is 0 Å². The molecule has 1 aromatic carbocycles. The highest BCUT2D eigenvalue weighted by Gasteiger charge is 2.14. The Labute approximate surface area is 134 Å². The Balaban J connectivity index is 2.47. The van der Waals surface area contributed by atoms with Crippen molar-refractivity contribution in [2.75, 3.05) is 4.90 Å². The minimum atomic E-state index is 0.970. The van der Waals surface area contributed by atoms with Gasteiger partial charge in [0.1, 0.15) is 0 Å². The van der Waals surface area contributed by atoms with Crippen LogP contribution in [0, 0.1) is 0 Å². The molecule has 1 heteroatoms. The second-order valence-corrected chi connectivity index (χ2v) is 5.35. The van der Waals surface area contributed by atoms with Crippen LogP contribution in [0.2, 0.25) is 0 Å². The fraction of sp³-hybridized carbons (Fsp3) is 0.238. The average molecular weight is 291 g/mol. The molecule has 22 heavy (non-hydrogen) atoms. The van der Waals surface area contributed by atoms with Crippen molar-refractivity contribution in [3.05, 3.63) is 89.8 Å². The number of hydrogen-bond acceptors (Lipinski definition) is 1. The van der Waals surface area contributed by atoms with Crippen LogP contribution in [-0.2, 0) is 0 Å². The molecular weight excluding hydrogens is 266 g/mol. The zero-order chi connectivity index (χ0) is 15.8. The van der Waals surface area contributed by atoms with Gasteiger partial charge in [0.15, 0.2) is 0 Å². The lowest BCUT2D eigenvalue weighted by Crippen LogP contribution is -2.20. The van der Waals surface area contributed by atoms with Gasteiger partial charge in [0.2, 0.25) is 0 Å². The van der Waals surface area contributed by atoms with Crippen LogP contribution in [0.1, 0.15) is 33.6 Å². The summed E-state index contributed by atoms with van der Waals surface area (Å²) in [5.41, 5.74) is 5.04. The van der Waals surface area contributed by atoms with E-state index in [2.05, 4.69) is 98.5 Å². The van der Waals surface area contributed by atoms with Crippen LogP contribution in [0.5, 0.6) is 0 Å². The minimum absolute atomic E-state index is 0.970. The predicted octanol–water partition coefficient (Wildman–Crippen LogP) is 6.15. The van der Waals surface area contributed by atoms with Crippen molar-refractivity contribution < 1.29 is 0 Å². The van der Waals surface area contributed by atoms with Crippen LogP contribution >= 0.6 is 0 Å². The van der Waals surface area contributed by atoms with E-state index in [1.54, 1.807) is 0 Å². The Hall–Kier alpha value is -2.28. The van der Waals surface area contributed by atoms with Gasteiger partial charge in [0.25, 0.3) is 0 Å². The topological polar surface area (TPSA) is 3.24 Å². The molecule has 0 heterocycles. The number of allylic oxidation sites excluding steroid dienone is 9. The van der Waals surface area contributed by atoms with E-state index >= 15 is 0 Å². The zero-order valence-corrected chi connectivity index (χ0v) is 13.8. The van der Waals surface area contributed by atoms with E-state index in [0.29, 0.717) is 0 Å². The van der Waals surface area contributed by atoms with Crippen molar-refractivity contribution >= 4 is 5.69 Å². The standard InChI is InChI=1S/C21H25N/c1-4-6-12-19(5-2)22(20-13-8-7-9-14-20)21-15-10-11-18(3)16-17-21/h4,6-9,11-17H,5,10H2,1-3H3/b6-4-,19-12+. The van der Waals surface area contributed by atoms with Crippen LogP contribution in [-0.4, -0.2) is 0 Å². The van der Waals surface area contributed by atoms with Gasteiger partial charge in [0, 0.05) is 17.1 Å². The first-order valence-electron chi connectivity index (χ1n) is 7.98. The van der Waals surface area contributed by atoms with Crippen molar-refractivity contribution in [2.45, 2.75) is 33.6 Å². The van der Waals surface area contributed by atoms with E-state index in [0.717, 1.165) is 12.8 Å². The molecule has 0 bridgehead atoms. The molecule has 0 atom stereocenters. The summed E-state index contributed by atoms with van der Waals surface area (Å²) < 4.78 is 0. The maximum absolute atomic E-state index is 2.35. The molecule has 0 aliphatic heterocycles. The second-order valence-electron chi connectivity index (χ2n) is 5.35. The Morgan fingerprint density at radius 3 is 2.59 bits per heavy atom. The molecule has 0 N–H and O–H groups in total. The average Bonchev–Trinajstić information content (AvgIpc) is 2.77. The molecule has 0 amide bonds. The molecule has 114 valence electrons. The molecule has 0 spiro atoms. The molecule has 1 aliphatic rings. The van der Waals surface area contributed by atoms with Gasteiger partial charge in [0.05, 0.1) is 0 Å². The molecule has 0 aromatic heterocycles. The predicted molar refractivity (Wildman–Crippen MR) is 97.7 cm³/mol. The van der Waals surface area contributed by atoms with E-state index in [4.69, 9.17) is 0 Å².